The monoisotopic (exact) mass is 372 g/mol. The number of nitrogens with one attached hydrogen (secondary N) is 2. The molecule has 1 aromatic carbocycles. The largest absolute Gasteiger partial charge is 0.487 e. The molecule has 2 amide bonds. The number of ether oxygens (including phenoxy) is 1. The van der Waals surface area contributed by atoms with Crippen molar-refractivity contribution in [1.29, 1.82) is 0 Å². The average Bonchev–Trinajstić information content (AvgIpc) is 3.15. The molecule has 0 fully saturated rings. The number of hydrogen-bond donors (Lipinski definition) is 2. The van der Waals surface area contributed by atoms with Crippen molar-refractivity contribution in [2.24, 2.45) is 0 Å². The number of carbonyl (C=O) groups is 2. The Hall–Kier alpha value is -2.67. The quantitative estimate of drug-likeness (QED) is 0.814. The van der Waals surface area contributed by atoms with Crippen molar-refractivity contribution in [3.05, 3.63) is 65.2 Å². The first kappa shape index (κ1) is 18.1. The van der Waals surface area contributed by atoms with Gasteiger partial charge in [0.25, 0.3) is 11.8 Å². The van der Waals surface area contributed by atoms with E-state index in [1.807, 2.05) is 19.1 Å². The second kappa shape index (κ2) is 8.62. The first-order chi connectivity index (χ1) is 12.6. The van der Waals surface area contributed by atoms with E-state index in [1.165, 1.54) is 11.8 Å². The van der Waals surface area contributed by atoms with Crippen LogP contribution in [-0.2, 0) is 16.0 Å². The summed E-state index contributed by atoms with van der Waals surface area (Å²) in [5.74, 6) is 1.28. The number of thioether (sulfide) groups is 1. The van der Waals surface area contributed by atoms with Gasteiger partial charge in [0, 0.05) is 23.6 Å². The van der Waals surface area contributed by atoms with Crippen LogP contribution in [0.1, 0.15) is 23.0 Å². The van der Waals surface area contributed by atoms with Crippen LogP contribution in [0, 0.1) is 0 Å². The van der Waals surface area contributed by atoms with Gasteiger partial charge >= 0.3 is 0 Å². The molecule has 0 unspecified atom stereocenters. The molecular weight excluding hydrogens is 352 g/mol. The standard InChI is InChI=1S/C19H20N2O4S/c1-13(11-14-5-4-8-24-14)20-18(22)15-6-2-3-7-16(15)21-19(23)17-12-26-10-9-25-17/h2-8,12-13H,9-11H2,1H3,(H,20,22)(H,21,23)/t13-/m1/s1. The van der Waals surface area contributed by atoms with Gasteiger partial charge in [-0.3, -0.25) is 9.59 Å². The highest BCUT2D eigenvalue weighted by atomic mass is 32.2. The molecule has 0 saturated heterocycles. The Labute approximate surface area is 156 Å². The molecule has 1 aliphatic rings. The Bertz CT molecular complexity index is 802. The van der Waals surface area contributed by atoms with Gasteiger partial charge in [-0.2, -0.15) is 0 Å². The SMILES string of the molecule is C[C@H](Cc1ccco1)NC(=O)c1ccccc1NC(=O)C1=CSCCO1. The fourth-order valence-electron chi connectivity index (χ4n) is 2.54. The van der Waals surface area contributed by atoms with E-state index in [2.05, 4.69) is 10.6 Å². The summed E-state index contributed by atoms with van der Waals surface area (Å²) < 4.78 is 10.7. The van der Waals surface area contributed by atoms with Crippen LogP contribution in [-0.4, -0.2) is 30.2 Å². The van der Waals surface area contributed by atoms with Crippen molar-refractivity contribution in [2.75, 3.05) is 17.7 Å². The highest BCUT2D eigenvalue weighted by Gasteiger charge is 2.19. The fourth-order valence-corrected chi connectivity index (χ4v) is 3.17. The minimum atomic E-state index is -0.360. The molecule has 6 nitrogen and oxygen atoms in total. The van der Waals surface area contributed by atoms with Gasteiger partial charge in [-0.1, -0.05) is 12.1 Å². The van der Waals surface area contributed by atoms with E-state index >= 15 is 0 Å². The summed E-state index contributed by atoms with van der Waals surface area (Å²) in [5.41, 5.74) is 0.844. The highest BCUT2D eigenvalue weighted by Crippen LogP contribution is 2.20. The number of hydrogen-bond acceptors (Lipinski definition) is 5. The van der Waals surface area contributed by atoms with E-state index in [0.29, 0.717) is 24.3 Å². The number of anilines is 1. The molecule has 1 atom stereocenters. The van der Waals surface area contributed by atoms with Gasteiger partial charge in [-0.25, -0.2) is 0 Å². The van der Waals surface area contributed by atoms with Gasteiger partial charge in [-0.05, 0) is 31.2 Å². The third-order valence-corrected chi connectivity index (χ3v) is 4.54. The average molecular weight is 372 g/mol. The van der Waals surface area contributed by atoms with E-state index in [9.17, 15) is 9.59 Å². The maximum Gasteiger partial charge on any atom is 0.291 e. The van der Waals surface area contributed by atoms with Crippen LogP contribution in [0.2, 0.25) is 0 Å². The minimum Gasteiger partial charge on any atom is -0.487 e. The number of carbonyl (C=O) groups excluding carboxylic acids is 2. The van der Waals surface area contributed by atoms with Crippen LogP contribution < -0.4 is 10.6 Å². The number of para-hydroxylation sites is 1. The molecule has 3 rings (SSSR count). The van der Waals surface area contributed by atoms with Crippen LogP contribution in [0.5, 0.6) is 0 Å². The molecule has 0 spiro atoms. The van der Waals surface area contributed by atoms with Crippen molar-refractivity contribution in [1.82, 2.24) is 5.32 Å². The maximum absolute atomic E-state index is 12.6. The third kappa shape index (κ3) is 4.70. The summed E-state index contributed by atoms with van der Waals surface area (Å²) in [6.45, 7) is 2.40. The normalized spacial score (nSPS) is 14.7. The minimum absolute atomic E-state index is 0.113. The van der Waals surface area contributed by atoms with Gasteiger partial charge in [0.15, 0.2) is 5.76 Å². The first-order valence-electron chi connectivity index (χ1n) is 8.31. The van der Waals surface area contributed by atoms with Crippen LogP contribution in [0.3, 0.4) is 0 Å². The number of rotatable bonds is 6. The summed E-state index contributed by atoms with van der Waals surface area (Å²) in [6.07, 6.45) is 2.19. The number of furan rings is 1. The molecule has 7 heteroatoms. The predicted molar refractivity (Wildman–Crippen MR) is 101 cm³/mol. The lowest BCUT2D eigenvalue weighted by Crippen LogP contribution is -2.34. The molecule has 0 saturated carbocycles. The smallest absolute Gasteiger partial charge is 0.291 e. The second-order valence-electron chi connectivity index (χ2n) is 5.86. The molecule has 2 aromatic rings. The fraction of sp³-hybridized carbons (Fsp3) is 0.263. The summed E-state index contributed by atoms with van der Waals surface area (Å²) in [7, 11) is 0. The van der Waals surface area contributed by atoms with Crippen LogP contribution in [0.25, 0.3) is 0 Å². The van der Waals surface area contributed by atoms with Gasteiger partial charge in [0.1, 0.15) is 5.76 Å². The Kier molecular flexibility index (Phi) is 6.01. The third-order valence-electron chi connectivity index (χ3n) is 3.76. The molecule has 2 heterocycles. The zero-order valence-corrected chi connectivity index (χ0v) is 15.2. The number of amides is 2. The van der Waals surface area contributed by atoms with Crippen LogP contribution >= 0.6 is 11.8 Å². The van der Waals surface area contributed by atoms with Crippen LogP contribution in [0.4, 0.5) is 5.69 Å². The Balaban J connectivity index is 1.66. The molecule has 1 aromatic heterocycles. The van der Waals surface area contributed by atoms with E-state index in [4.69, 9.17) is 9.15 Å². The Morgan fingerprint density at radius 2 is 2.04 bits per heavy atom. The number of benzene rings is 1. The lowest BCUT2D eigenvalue weighted by Gasteiger charge is -2.17. The zero-order chi connectivity index (χ0) is 18.4. The van der Waals surface area contributed by atoms with Crippen molar-refractivity contribution in [2.45, 2.75) is 19.4 Å². The van der Waals surface area contributed by atoms with Gasteiger partial charge < -0.3 is 19.8 Å². The molecule has 0 bridgehead atoms. The first-order valence-corrected chi connectivity index (χ1v) is 9.36. The lowest BCUT2D eigenvalue weighted by molar-refractivity contribution is -0.116. The molecule has 2 N–H and O–H groups in total. The summed E-state index contributed by atoms with van der Waals surface area (Å²) in [6, 6.07) is 10.5. The van der Waals surface area contributed by atoms with Crippen molar-refractivity contribution >= 4 is 29.3 Å². The van der Waals surface area contributed by atoms with Crippen molar-refractivity contribution < 1.29 is 18.7 Å². The molecule has 26 heavy (non-hydrogen) atoms. The van der Waals surface area contributed by atoms with E-state index in [0.717, 1.165) is 11.5 Å². The molecule has 0 aliphatic carbocycles. The summed E-state index contributed by atoms with van der Waals surface area (Å²) in [4.78, 5) is 24.9. The Morgan fingerprint density at radius 1 is 1.19 bits per heavy atom. The second-order valence-corrected chi connectivity index (χ2v) is 6.84. The van der Waals surface area contributed by atoms with Gasteiger partial charge in [0.2, 0.25) is 0 Å². The Morgan fingerprint density at radius 3 is 2.77 bits per heavy atom. The van der Waals surface area contributed by atoms with Gasteiger partial charge in [-0.15, -0.1) is 11.8 Å². The topological polar surface area (TPSA) is 80.6 Å². The lowest BCUT2D eigenvalue weighted by atomic mass is 10.1. The van der Waals surface area contributed by atoms with Crippen LogP contribution in [0.15, 0.2) is 58.2 Å². The molecular formula is C19H20N2O4S. The molecule has 136 valence electrons. The maximum atomic E-state index is 12.6. The summed E-state index contributed by atoms with van der Waals surface area (Å²) in [5, 5.41) is 7.37. The van der Waals surface area contributed by atoms with E-state index in [-0.39, 0.29) is 23.6 Å². The van der Waals surface area contributed by atoms with E-state index < -0.39 is 0 Å². The summed E-state index contributed by atoms with van der Waals surface area (Å²) >= 11 is 1.53. The zero-order valence-electron chi connectivity index (χ0n) is 14.4. The van der Waals surface area contributed by atoms with Gasteiger partial charge in [0.05, 0.1) is 24.1 Å². The van der Waals surface area contributed by atoms with Crippen molar-refractivity contribution in [3.63, 3.8) is 0 Å². The van der Waals surface area contributed by atoms with E-state index in [1.54, 1.807) is 35.9 Å². The predicted octanol–water partition coefficient (Wildman–Crippen LogP) is 3.18. The van der Waals surface area contributed by atoms with Crippen molar-refractivity contribution in [3.8, 4) is 0 Å². The molecule has 0 radical (unpaired) electrons. The highest BCUT2D eigenvalue weighted by molar-refractivity contribution is 8.02. The molecule has 1 aliphatic heterocycles.